The highest BCUT2D eigenvalue weighted by Crippen LogP contribution is 2.26. The molecule has 0 amide bonds. The summed E-state index contributed by atoms with van der Waals surface area (Å²) in [5.74, 6) is 0. The van der Waals surface area contributed by atoms with E-state index in [1.807, 2.05) is 20.8 Å². The number of rotatable bonds is 3. The van der Waals surface area contributed by atoms with Gasteiger partial charge in [0.05, 0.1) is 3.79 Å². The minimum Gasteiger partial charge on any atom is -0.210 e. The van der Waals surface area contributed by atoms with Crippen molar-refractivity contribution in [2.75, 3.05) is 6.54 Å². The van der Waals surface area contributed by atoms with Gasteiger partial charge in [-0.15, -0.1) is 11.3 Å². The number of thiophene rings is 1. The summed E-state index contributed by atoms with van der Waals surface area (Å²) >= 11 is 4.45. The van der Waals surface area contributed by atoms with Gasteiger partial charge in [0, 0.05) is 6.54 Å². The Kier molecular flexibility index (Phi) is 3.97. The van der Waals surface area contributed by atoms with Gasteiger partial charge in [0.2, 0.25) is 10.0 Å². The molecule has 0 aliphatic rings. The van der Waals surface area contributed by atoms with Gasteiger partial charge in [-0.2, -0.15) is 0 Å². The molecule has 0 unspecified atom stereocenters. The van der Waals surface area contributed by atoms with E-state index in [9.17, 15) is 8.42 Å². The van der Waals surface area contributed by atoms with Gasteiger partial charge < -0.3 is 0 Å². The van der Waals surface area contributed by atoms with Crippen LogP contribution < -0.4 is 4.72 Å². The van der Waals surface area contributed by atoms with Gasteiger partial charge in [0.25, 0.3) is 0 Å². The van der Waals surface area contributed by atoms with Crippen LogP contribution in [0.25, 0.3) is 0 Å². The lowest BCUT2D eigenvalue weighted by Crippen LogP contribution is -2.31. The zero-order chi connectivity index (χ0) is 11.7. The quantitative estimate of drug-likeness (QED) is 0.933. The molecule has 1 heterocycles. The average molecular weight is 312 g/mol. The summed E-state index contributed by atoms with van der Waals surface area (Å²) in [6.45, 7) is 6.39. The van der Waals surface area contributed by atoms with Crippen molar-refractivity contribution in [3.05, 3.63) is 15.9 Å². The zero-order valence-electron chi connectivity index (χ0n) is 8.87. The third kappa shape index (κ3) is 4.22. The van der Waals surface area contributed by atoms with Gasteiger partial charge in [0.1, 0.15) is 4.21 Å². The molecular formula is C9H14BrNO2S2. The predicted octanol–water partition coefficient (Wildman–Crippen LogP) is 2.84. The first-order valence-electron chi connectivity index (χ1n) is 4.46. The van der Waals surface area contributed by atoms with Crippen LogP contribution in [0.3, 0.4) is 0 Å². The second-order valence-corrected chi connectivity index (χ2v) is 8.90. The molecule has 0 saturated carbocycles. The van der Waals surface area contributed by atoms with E-state index < -0.39 is 10.0 Å². The molecule has 15 heavy (non-hydrogen) atoms. The molecule has 0 atom stereocenters. The highest BCUT2D eigenvalue weighted by Gasteiger charge is 2.19. The van der Waals surface area contributed by atoms with E-state index in [2.05, 4.69) is 20.7 Å². The minimum absolute atomic E-state index is 0.0540. The van der Waals surface area contributed by atoms with Crippen LogP contribution >= 0.6 is 27.3 Å². The monoisotopic (exact) mass is 311 g/mol. The predicted molar refractivity (Wildman–Crippen MR) is 66.7 cm³/mol. The summed E-state index contributed by atoms with van der Waals surface area (Å²) in [7, 11) is -3.33. The topological polar surface area (TPSA) is 46.2 Å². The Hall–Kier alpha value is 0.0900. The second kappa shape index (κ2) is 4.53. The van der Waals surface area contributed by atoms with E-state index in [1.165, 1.54) is 11.3 Å². The smallest absolute Gasteiger partial charge is 0.210 e. The van der Waals surface area contributed by atoms with E-state index in [0.717, 1.165) is 3.79 Å². The van der Waals surface area contributed by atoms with Crippen LogP contribution in [0.1, 0.15) is 20.8 Å². The molecule has 86 valence electrons. The summed E-state index contributed by atoms with van der Waals surface area (Å²) in [5.41, 5.74) is -0.0540. The molecule has 1 N–H and O–H groups in total. The highest BCUT2D eigenvalue weighted by molar-refractivity contribution is 9.11. The number of sulfonamides is 1. The molecule has 0 aliphatic heterocycles. The Morgan fingerprint density at radius 1 is 1.40 bits per heavy atom. The van der Waals surface area contributed by atoms with Crippen molar-refractivity contribution in [2.45, 2.75) is 25.0 Å². The van der Waals surface area contributed by atoms with Gasteiger partial charge in [-0.05, 0) is 33.5 Å². The first kappa shape index (κ1) is 13.2. The van der Waals surface area contributed by atoms with Crippen LogP contribution in [0, 0.1) is 5.41 Å². The lowest BCUT2D eigenvalue weighted by Gasteiger charge is -2.18. The lowest BCUT2D eigenvalue weighted by atomic mass is 9.98. The summed E-state index contributed by atoms with van der Waals surface area (Å²) in [5, 5.41) is 0. The van der Waals surface area contributed by atoms with E-state index in [1.54, 1.807) is 12.1 Å². The van der Waals surface area contributed by atoms with Gasteiger partial charge in [-0.3, -0.25) is 0 Å². The SMILES string of the molecule is CC(C)(C)CNS(=O)(=O)c1ccc(Br)s1. The molecular weight excluding hydrogens is 298 g/mol. The first-order valence-corrected chi connectivity index (χ1v) is 7.55. The third-order valence-corrected chi connectivity index (χ3v) is 5.12. The number of hydrogen-bond donors (Lipinski definition) is 1. The minimum atomic E-state index is -3.33. The Bertz CT molecular complexity index is 431. The van der Waals surface area contributed by atoms with E-state index >= 15 is 0 Å². The first-order chi connectivity index (χ1) is 6.71. The third-order valence-electron chi connectivity index (χ3n) is 1.61. The van der Waals surface area contributed by atoms with Crippen LogP contribution in [-0.4, -0.2) is 15.0 Å². The summed E-state index contributed by atoms with van der Waals surface area (Å²) in [6, 6.07) is 3.33. The van der Waals surface area contributed by atoms with Crippen LogP contribution in [-0.2, 0) is 10.0 Å². The van der Waals surface area contributed by atoms with Crippen molar-refractivity contribution in [1.82, 2.24) is 4.72 Å². The molecule has 0 bridgehead atoms. The maximum Gasteiger partial charge on any atom is 0.250 e. The molecule has 1 aromatic rings. The Labute approximate surface area is 103 Å². The Morgan fingerprint density at radius 2 is 2.00 bits per heavy atom. The number of halogens is 1. The Morgan fingerprint density at radius 3 is 2.40 bits per heavy atom. The molecule has 0 aromatic carbocycles. The molecule has 1 rings (SSSR count). The number of nitrogens with one attached hydrogen (secondary N) is 1. The summed E-state index contributed by atoms with van der Waals surface area (Å²) < 4.78 is 27.3. The molecule has 1 aromatic heterocycles. The highest BCUT2D eigenvalue weighted by atomic mass is 79.9. The standard InChI is InChI=1S/C9H14BrNO2S2/c1-9(2,3)6-11-15(12,13)8-5-4-7(10)14-8/h4-5,11H,6H2,1-3H3. The second-order valence-electron chi connectivity index (χ2n) is 4.44. The molecule has 0 saturated heterocycles. The van der Waals surface area contributed by atoms with Crippen LogP contribution in [0.15, 0.2) is 20.1 Å². The maximum atomic E-state index is 11.8. The summed E-state index contributed by atoms with van der Waals surface area (Å²) in [6.07, 6.45) is 0. The van der Waals surface area contributed by atoms with Crippen LogP contribution in [0.4, 0.5) is 0 Å². The maximum absolute atomic E-state index is 11.8. The molecule has 3 nitrogen and oxygen atoms in total. The molecule has 6 heteroatoms. The van der Waals surface area contributed by atoms with Gasteiger partial charge in [-0.25, -0.2) is 13.1 Å². The van der Waals surface area contributed by atoms with E-state index in [-0.39, 0.29) is 5.41 Å². The molecule has 0 radical (unpaired) electrons. The largest absolute Gasteiger partial charge is 0.250 e. The van der Waals surface area contributed by atoms with E-state index in [4.69, 9.17) is 0 Å². The normalized spacial score (nSPS) is 13.1. The fourth-order valence-electron chi connectivity index (χ4n) is 0.825. The van der Waals surface area contributed by atoms with Crippen molar-refractivity contribution < 1.29 is 8.42 Å². The van der Waals surface area contributed by atoms with Crippen LogP contribution in [0.5, 0.6) is 0 Å². The van der Waals surface area contributed by atoms with Crippen molar-refractivity contribution in [3.8, 4) is 0 Å². The average Bonchev–Trinajstić information content (AvgIpc) is 2.48. The fourth-order valence-corrected chi connectivity index (χ4v) is 4.16. The lowest BCUT2D eigenvalue weighted by molar-refractivity contribution is 0.408. The van der Waals surface area contributed by atoms with Crippen molar-refractivity contribution in [3.63, 3.8) is 0 Å². The van der Waals surface area contributed by atoms with Gasteiger partial charge in [-0.1, -0.05) is 20.8 Å². The Balaban J connectivity index is 2.77. The van der Waals surface area contributed by atoms with Crippen LogP contribution in [0.2, 0.25) is 0 Å². The van der Waals surface area contributed by atoms with Gasteiger partial charge in [0.15, 0.2) is 0 Å². The summed E-state index contributed by atoms with van der Waals surface area (Å²) in [4.78, 5) is 0. The van der Waals surface area contributed by atoms with E-state index in [0.29, 0.717) is 10.8 Å². The van der Waals surface area contributed by atoms with Crippen molar-refractivity contribution in [2.24, 2.45) is 5.41 Å². The van der Waals surface area contributed by atoms with Gasteiger partial charge >= 0.3 is 0 Å². The van der Waals surface area contributed by atoms with Crippen molar-refractivity contribution >= 4 is 37.3 Å². The molecule has 0 spiro atoms. The molecule has 0 fully saturated rings. The molecule has 0 aliphatic carbocycles. The fraction of sp³-hybridized carbons (Fsp3) is 0.556. The number of hydrogen-bond acceptors (Lipinski definition) is 3. The zero-order valence-corrected chi connectivity index (χ0v) is 12.1. The van der Waals surface area contributed by atoms with Crippen molar-refractivity contribution in [1.29, 1.82) is 0 Å².